The maximum absolute atomic E-state index is 11.7. The van der Waals surface area contributed by atoms with E-state index in [0.717, 1.165) is 25.2 Å². The molecule has 0 bridgehead atoms. The summed E-state index contributed by atoms with van der Waals surface area (Å²) in [5.74, 6) is 0.183. The zero-order chi connectivity index (χ0) is 10.7. The lowest BCUT2D eigenvalue weighted by Crippen LogP contribution is -2.24. The quantitative estimate of drug-likeness (QED) is 0.857. The molecule has 2 rings (SSSR count). The van der Waals surface area contributed by atoms with Crippen LogP contribution in [-0.4, -0.2) is 19.0 Å². The molecular weight excluding hydrogens is 247 g/mol. The molecule has 1 atom stereocenters. The first-order valence-electron chi connectivity index (χ1n) is 5.03. The van der Waals surface area contributed by atoms with E-state index in [4.69, 9.17) is 11.6 Å². The predicted octanol–water partition coefficient (Wildman–Crippen LogP) is 2.31. The Balaban J connectivity index is 0.00000128. The predicted molar refractivity (Wildman–Crippen MR) is 68.3 cm³/mol. The minimum atomic E-state index is 0. The molecule has 5 heteroatoms. The van der Waals surface area contributed by atoms with Crippen molar-refractivity contribution < 1.29 is 4.79 Å². The number of anilines is 1. The number of benzene rings is 1. The van der Waals surface area contributed by atoms with Crippen LogP contribution in [0, 0.1) is 5.92 Å². The zero-order valence-corrected chi connectivity index (χ0v) is 10.3. The van der Waals surface area contributed by atoms with Crippen LogP contribution in [0.3, 0.4) is 0 Å². The van der Waals surface area contributed by atoms with Gasteiger partial charge in [0.05, 0.1) is 5.92 Å². The minimum Gasteiger partial charge on any atom is -0.326 e. The number of amides is 1. The van der Waals surface area contributed by atoms with Gasteiger partial charge in [-0.25, -0.2) is 0 Å². The molecule has 0 aliphatic carbocycles. The topological polar surface area (TPSA) is 41.1 Å². The second-order valence-electron chi connectivity index (χ2n) is 3.69. The fourth-order valence-corrected chi connectivity index (χ4v) is 1.78. The van der Waals surface area contributed by atoms with E-state index in [0.29, 0.717) is 5.02 Å². The normalized spacial score (nSPS) is 18.9. The van der Waals surface area contributed by atoms with Gasteiger partial charge in [-0.1, -0.05) is 11.6 Å². The molecule has 0 saturated carbocycles. The van der Waals surface area contributed by atoms with Gasteiger partial charge in [0.1, 0.15) is 0 Å². The second kappa shape index (κ2) is 6.09. The van der Waals surface area contributed by atoms with Crippen LogP contribution in [0.15, 0.2) is 24.3 Å². The van der Waals surface area contributed by atoms with E-state index in [1.165, 1.54) is 0 Å². The van der Waals surface area contributed by atoms with E-state index in [-0.39, 0.29) is 24.2 Å². The molecule has 1 aliphatic heterocycles. The highest BCUT2D eigenvalue weighted by Gasteiger charge is 2.22. The van der Waals surface area contributed by atoms with E-state index in [2.05, 4.69) is 10.6 Å². The fraction of sp³-hybridized carbons (Fsp3) is 0.364. The number of hydrogen-bond acceptors (Lipinski definition) is 2. The fourth-order valence-electron chi connectivity index (χ4n) is 1.66. The average Bonchev–Trinajstić information content (AvgIpc) is 2.74. The van der Waals surface area contributed by atoms with Gasteiger partial charge in [0.25, 0.3) is 0 Å². The third-order valence-corrected chi connectivity index (χ3v) is 2.79. The smallest absolute Gasteiger partial charge is 0.228 e. The summed E-state index contributed by atoms with van der Waals surface area (Å²) in [4.78, 5) is 11.7. The lowest BCUT2D eigenvalue weighted by atomic mass is 10.1. The Hall–Kier alpha value is -0.770. The molecular formula is C11H14Cl2N2O. The first-order valence-corrected chi connectivity index (χ1v) is 5.40. The van der Waals surface area contributed by atoms with E-state index in [9.17, 15) is 4.79 Å². The highest BCUT2D eigenvalue weighted by atomic mass is 35.5. The highest BCUT2D eigenvalue weighted by molar-refractivity contribution is 6.30. The summed E-state index contributed by atoms with van der Waals surface area (Å²) in [5, 5.41) is 6.72. The molecule has 1 saturated heterocycles. The van der Waals surface area contributed by atoms with Gasteiger partial charge >= 0.3 is 0 Å². The van der Waals surface area contributed by atoms with Crippen LogP contribution in [0.1, 0.15) is 6.42 Å². The van der Waals surface area contributed by atoms with Crippen LogP contribution in [0.4, 0.5) is 5.69 Å². The monoisotopic (exact) mass is 260 g/mol. The molecule has 3 nitrogen and oxygen atoms in total. The average molecular weight is 261 g/mol. The van der Waals surface area contributed by atoms with Crippen LogP contribution in [0.5, 0.6) is 0 Å². The molecule has 0 unspecified atom stereocenters. The van der Waals surface area contributed by atoms with E-state index < -0.39 is 0 Å². The largest absolute Gasteiger partial charge is 0.326 e. The number of nitrogens with one attached hydrogen (secondary N) is 2. The third-order valence-electron chi connectivity index (χ3n) is 2.54. The van der Waals surface area contributed by atoms with Crippen LogP contribution < -0.4 is 10.6 Å². The summed E-state index contributed by atoms with van der Waals surface area (Å²) in [5.41, 5.74) is 0.802. The molecule has 1 amide bonds. The second-order valence-corrected chi connectivity index (χ2v) is 4.12. The first-order chi connectivity index (χ1) is 7.25. The number of halogens is 2. The Bertz CT molecular complexity index is 348. The Labute approximate surface area is 106 Å². The number of rotatable bonds is 2. The standard InChI is InChI=1S/C11H13ClN2O.ClH/c12-9-1-3-10(4-2-9)14-11(15)8-5-6-13-7-8;/h1-4,8,13H,5-7H2,(H,14,15);1H/t8-;/m0./s1. The van der Waals surface area contributed by atoms with Crippen LogP contribution >= 0.6 is 24.0 Å². The molecule has 1 fully saturated rings. The van der Waals surface area contributed by atoms with Gasteiger partial charge in [-0.15, -0.1) is 12.4 Å². The third kappa shape index (κ3) is 3.37. The number of carbonyl (C=O) groups excluding carboxylic acids is 1. The van der Waals surface area contributed by atoms with Crippen molar-refractivity contribution in [1.29, 1.82) is 0 Å². The van der Waals surface area contributed by atoms with Gasteiger partial charge in [-0.3, -0.25) is 4.79 Å². The van der Waals surface area contributed by atoms with Gasteiger partial charge in [0.15, 0.2) is 0 Å². The Morgan fingerprint density at radius 1 is 1.38 bits per heavy atom. The minimum absolute atomic E-state index is 0. The van der Waals surface area contributed by atoms with Crippen molar-refractivity contribution in [1.82, 2.24) is 5.32 Å². The van der Waals surface area contributed by atoms with E-state index in [1.807, 2.05) is 12.1 Å². The van der Waals surface area contributed by atoms with Crippen LogP contribution in [0.25, 0.3) is 0 Å². The summed E-state index contributed by atoms with van der Waals surface area (Å²) >= 11 is 5.75. The van der Waals surface area contributed by atoms with Gasteiger partial charge in [0, 0.05) is 17.3 Å². The summed E-state index contributed by atoms with van der Waals surface area (Å²) < 4.78 is 0. The number of hydrogen-bond donors (Lipinski definition) is 2. The van der Waals surface area contributed by atoms with Crippen molar-refractivity contribution >= 4 is 35.6 Å². The molecule has 16 heavy (non-hydrogen) atoms. The maximum atomic E-state index is 11.7. The van der Waals surface area contributed by atoms with Crippen molar-refractivity contribution in [2.45, 2.75) is 6.42 Å². The number of carbonyl (C=O) groups is 1. The van der Waals surface area contributed by atoms with Crippen LogP contribution in [-0.2, 0) is 4.79 Å². The van der Waals surface area contributed by atoms with Gasteiger partial charge < -0.3 is 10.6 Å². The summed E-state index contributed by atoms with van der Waals surface area (Å²) in [6, 6.07) is 7.15. The molecule has 0 radical (unpaired) electrons. The summed E-state index contributed by atoms with van der Waals surface area (Å²) in [7, 11) is 0. The van der Waals surface area contributed by atoms with Gasteiger partial charge in [0.2, 0.25) is 5.91 Å². The SMILES string of the molecule is Cl.O=C(Nc1ccc(Cl)cc1)[C@H]1CCNC1. The Kier molecular flexibility index (Phi) is 5.06. The first kappa shape index (κ1) is 13.3. The van der Waals surface area contributed by atoms with Crippen molar-refractivity contribution in [2.24, 2.45) is 5.92 Å². The maximum Gasteiger partial charge on any atom is 0.228 e. The molecule has 1 heterocycles. The van der Waals surface area contributed by atoms with E-state index in [1.54, 1.807) is 12.1 Å². The van der Waals surface area contributed by atoms with Crippen molar-refractivity contribution in [2.75, 3.05) is 18.4 Å². The van der Waals surface area contributed by atoms with Gasteiger partial charge in [-0.05, 0) is 37.2 Å². The Morgan fingerprint density at radius 2 is 2.06 bits per heavy atom. The molecule has 0 aromatic heterocycles. The van der Waals surface area contributed by atoms with Crippen LogP contribution in [0.2, 0.25) is 5.02 Å². The van der Waals surface area contributed by atoms with Gasteiger partial charge in [-0.2, -0.15) is 0 Å². The molecule has 1 aromatic rings. The van der Waals surface area contributed by atoms with Crippen molar-refractivity contribution in [3.05, 3.63) is 29.3 Å². The molecule has 2 N–H and O–H groups in total. The molecule has 0 spiro atoms. The summed E-state index contributed by atoms with van der Waals surface area (Å²) in [6.07, 6.45) is 0.916. The van der Waals surface area contributed by atoms with E-state index >= 15 is 0 Å². The zero-order valence-electron chi connectivity index (χ0n) is 8.70. The van der Waals surface area contributed by atoms with Crippen molar-refractivity contribution in [3.8, 4) is 0 Å². The molecule has 88 valence electrons. The lowest BCUT2D eigenvalue weighted by Gasteiger charge is -2.09. The highest BCUT2D eigenvalue weighted by Crippen LogP contribution is 2.15. The lowest BCUT2D eigenvalue weighted by molar-refractivity contribution is -0.119. The molecule has 1 aromatic carbocycles. The molecule has 1 aliphatic rings. The summed E-state index contributed by atoms with van der Waals surface area (Å²) in [6.45, 7) is 1.71. The Morgan fingerprint density at radius 3 is 2.62 bits per heavy atom. The van der Waals surface area contributed by atoms with Crippen molar-refractivity contribution in [3.63, 3.8) is 0 Å².